The van der Waals surface area contributed by atoms with Gasteiger partial charge in [-0.1, -0.05) is 11.6 Å². The number of hydrogen-bond acceptors (Lipinski definition) is 2. The van der Waals surface area contributed by atoms with Crippen LogP contribution in [0.15, 0.2) is 18.2 Å². The summed E-state index contributed by atoms with van der Waals surface area (Å²) in [6, 6.07) is 6.14. The van der Waals surface area contributed by atoms with Crippen molar-refractivity contribution in [3.05, 3.63) is 28.8 Å². The van der Waals surface area contributed by atoms with Gasteiger partial charge >= 0.3 is 0 Å². The van der Waals surface area contributed by atoms with Crippen LogP contribution in [0.25, 0.3) is 0 Å². The van der Waals surface area contributed by atoms with Crippen molar-refractivity contribution in [1.29, 1.82) is 0 Å². The highest BCUT2D eigenvalue weighted by Crippen LogP contribution is 2.48. The molecule has 3 rings (SSSR count). The van der Waals surface area contributed by atoms with Crippen molar-refractivity contribution < 1.29 is 4.79 Å². The van der Waals surface area contributed by atoms with Gasteiger partial charge in [0.2, 0.25) is 5.91 Å². The summed E-state index contributed by atoms with van der Waals surface area (Å²) in [5, 5.41) is 4.12. The predicted octanol–water partition coefficient (Wildman–Crippen LogP) is 2.33. The Kier molecular flexibility index (Phi) is 2.65. The molecule has 2 heterocycles. The Morgan fingerprint density at radius 2 is 2.28 bits per heavy atom. The fourth-order valence-corrected chi connectivity index (χ4v) is 3.57. The van der Waals surface area contributed by atoms with Gasteiger partial charge in [-0.3, -0.25) is 4.79 Å². The maximum atomic E-state index is 12.7. The van der Waals surface area contributed by atoms with E-state index in [9.17, 15) is 4.79 Å². The van der Waals surface area contributed by atoms with Crippen molar-refractivity contribution in [3.63, 3.8) is 0 Å². The van der Waals surface area contributed by atoms with Crippen LogP contribution in [0.2, 0.25) is 5.02 Å². The molecule has 1 aromatic carbocycles. The second kappa shape index (κ2) is 3.97. The number of nitrogens with zero attached hydrogens (tertiary/aromatic N) is 1. The van der Waals surface area contributed by atoms with E-state index < -0.39 is 0 Å². The first-order chi connectivity index (χ1) is 8.54. The lowest BCUT2D eigenvalue weighted by molar-refractivity contribution is -0.124. The first-order valence-corrected chi connectivity index (χ1v) is 6.74. The zero-order valence-corrected chi connectivity index (χ0v) is 11.4. The molecule has 1 spiro atoms. The Bertz CT molecular complexity index is 517. The van der Waals surface area contributed by atoms with Crippen LogP contribution >= 0.6 is 11.6 Å². The fourth-order valence-electron chi connectivity index (χ4n) is 3.40. The third-order valence-electron chi connectivity index (χ3n) is 4.25. The van der Waals surface area contributed by atoms with Crippen LogP contribution < -0.4 is 10.2 Å². The molecule has 1 aromatic rings. The number of hydrogen-bond donors (Lipinski definition) is 1. The number of carbonyl (C=O) groups is 1. The second-order valence-corrected chi connectivity index (χ2v) is 5.85. The van der Waals surface area contributed by atoms with Crippen molar-refractivity contribution in [2.75, 3.05) is 18.5 Å². The molecule has 0 radical (unpaired) electrons. The topological polar surface area (TPSA) is 32.3 Å². The normalized spacial score (nSPS) is 30.9. The number of amides is 1. The lowest BCUT2D eigenvalue weighted by Gasteiger charge is -2.36. The number of carbonyl (C=O) groups excluding carboxylic acids is 1. The van der Waals surface area contributed by atoms with E-state index in [4.69, 9.17) is 11.6 Å². The maximum Gasteiger partial charge on any atom is 0.237 e. The molecule has 1 saturated heterocycles. The highest BCUT2D eigenvalue weighted by atomic mass is 35.5. The van der Waals surface area contributed by atoms with E-state index in [0.29, 0.717) is 11.1 Å². The van der Waals surface area contributed by atoms with Crippen LogP contribution in [0.5, 0.6) is 0 Å². The van der Waals surface area contributed by atoms with Crippen LogP contribution in [0.3, 0.4) is 0 Å². The molecule has 18 heavy (non-hydrogen) atoms. The number of piperidine rings is 1. The molecule has 0 bridgehead atoms. The van der Waals surface area contributed by atoms with Crippen molar-refractivity contribution in [2.45, 2.75) is 31.2 Å². The average Bonchev–Trinajstić information content (AvgIpc) is 2.53. The van der Waals surface area contributed by atoms with Gasteiger partial charge in [0.15, 0.2) is 0 Å². The third-order valence-corrected chi connectivity index (χ3v) is 4.48. The van der Waals surface area contributed by atoms with Crippen LogP contribution in [0.4, 0.5) is 5.69 Å². The van der Waals surface area contributed by atoms with Crippen molar-refractivity contribution in [2.24, 2.45) is 0 Å². The van der Waals surface area contributed by atoms with Crippen molar-refractivity contribution in [3.8, 4) is 0 Å². The molecule has 2 aliphatic rings. The van der Waals surface area contributed by atoms with E-state index in [1.807, 2.05) is 25.2 Å². The van der Waals surface area contributed by atoms with Crippen LogP contribution in [0.1, 0.15) is 25.3 Å². The molecule has 4 heteroatoms. The fraction of sp³-hybridized carbons (Fsp3) is 0.500. The van der Waals surface area contributed by atoms with Crippen LogP contribution in [-0.2, 0) is 10.2 Å². The van der Waals surface area contributed by atoms with Gasteiger partial charge in [0.05, 0.1) is 5.41 Å². The molecule has 0 saturated carbocycles. The van der Waals surface area contributed by atoms with Crippen molar-refractivity contribution >= 4 is 23.2 Å². The van der Waals surface area contributed by atoms with Gasteiger partial charge in [0, 0.05) is 23.8 Å². The molecule has 0 aliphatic carbocycles. The van der Waals surface area contributed by atoms with Gasteiger partial charge in [0.1, 0.15) is 0 Å². The SMILES string of the molecule is CC1CC2(CCN1)C(=O)N(C)c1ccc(Cl)cc12. The molecule has 0 aromatic heterocycles. The Morgan fingerprint density at radius 1 is 1.50 bits per heavy atom. The summed E-state index contributed by atoms with van der Waals surface area (Å²) in [5.74, 6) is 0.216. The predicted molar refractivity (Wildman–Crippen MR) is 73.2 cm³/mol. The number of halogens is 1. The molecular weight excluding hydrogens is 248 g/mol. The van der Waals surface area contributed by atoms with Crippen LogP contribution in [-0.4, -0.2) is 25.5 Å². The molecule has 1 fully saturated rings. The third kappa shape index (κ3) is 1.50. The summed E-state index contributed by atoms with van der Waals surface area (Å²) < 4.78 is 0. The smallest absolute Gasteiger partial charge is 0.237 e. The van der Waals surface area contributed by atoms with Gasteiger partial charge in [-0.25, -0.2) is 0 Å². The number of fused-ring (bicyclic) bond motifs is 2. The number of anilines is 1. The summed E-state index contributed by atoms with van der Waals surface area (Å²) in [5.41, 5.74) is 1.76. The minimum Gasteiger partial charge on any atom is -0.314 e. The molecule has 96 valence electrons. The molecule has 2 atom stereocenters. The quantitative estimate of drug-likeness (QED) is 0.780. The largest absolute Gasteiger partial charge is 0.314 e. The Labute approximate surface area is 112 Å². The molecule has 2 unspecified atom stereocenters. The van der Waals surface area contributed by atoms with E-state index in [1.54, 1.807) is 4.90 Å². The van der Waals surface area contributed by atoms with E-state index >= 15 is 0 Å². The average molecular weight is 265 g/mol. The van der Waals surface area contributed by atoms with Crippen LogP contribution in [0, 0.1) is 0 Å². The highest BCUT2D eigenvalue weighted by molar-refractivity contribution is 6.31. The molecular formula is C14H17ClN2O. The second-order valence-electron chi connectivity index (χ2n) is 5.42. The first kappa shape index (κ1) is 12.0. The first-order valence-electron chi connectivity index (χ1n) is 6.36. The summed E-state index contributed by atoms with van der Waals surface area (Å²) in [6.07, 6.45) is 1.71. The summed E-state index contributed by atoms with van der Waals surface area (Å²) >= 11 is 6.11. The van der Waals surface area contributed by atoms with E-state index in [0.717, 1.165) is 30.6 Å². The Balaban J connectivity index is 2.16. The van der Waals surface area contributed by atoms with Gasteiger partial charge < -0.3 is 10.2 Å². The van der Waals surface area contributed by atoms with Gasteiger partial charge in [0.25, 0.3) is 0 Å². The molecule has 2 aliphatic heterocycles. The number of benzene rings is 1. The summed E-state index contributed by atoms with van der Waals surface area (Å²) in [6.45, 7) is 3.02. The number of rotatable bonds is 0. The number of nitrogens with one attached hydrogen (secondary N) is 1. The Morgan fingerprint density at radius 3 is 3.00 bits per heavy atom. The monoisotopic (exact) mass is 264 g/mol. The molecule has 1 amide bonds. The molecule has 3 nitrogen and oxygen atoms in total. The highest BCUT2D eigenvalue weighted by Gasteiger charge is 2.51. The van der Waals surface area contributed by atoms with E-state index in [2.05, 4.69) is 12.2 Å². The molecule has 1 N–H and O–H groups in total. The Hall–Kier alpha value is -1.06. The minimum atomic E-state index is -0.361. The minimum absolute atomic E-state index is 0.216. The van der Waals surface area contributed by atoms with Gasteiger partial charge in [-0.05, 0) is 50.1 Å². The maximum absolute atomic E-state index is 12.7. The summed E-state index contributed by atoms with van der Waals surface area (Å²) in [7, 11) is 1.86. The van der Waals surface area contributed by atoms with Gasteiger partial charge in [-0.15, -0.1) is 0 Å². The summed E-state index contributed by atoms with van der Waals surface area (Å²) in [4.78, 5) is 14.4. The standard InChI is InChI=1S/C14H17ClN2O/c1-9-8-14(5-6-16-9)11-7-10(15)3-4-12(11)17(2)13(14)18/h3-4,7,9,16H,5-6,8H2,1-2H3. The van der Waals surface area contributed by atoms with Crippen molar-refractivity contribution in [1.82, 2.24) is 5.32 Å². The lowest BCUT2D eigenvalue weighted by atomic mass is 9.72. The zero-order chi connectivity index (χ0) is 12.9. The van der Waals surface area contributed by atoms with E-state index in [-0.39, 0.29) is 11.3 Å². The zero-order valence-electron chi connectivity index (χ0n) is 10.7. The van der Waals surface area contributed by atoms with Gasteiger partial charge in [-0.2, -0.15) is 0 Å². The lowest BCUT2D eigenvalue weighted by Crippen LogP contribution is -2.50. The number of likely N-dealkylation sites (N-methyl/N-ethyl adjacent to an activating group) is 1. The van der Waals surface area contributed by atoms with E-state index in [1.165, 1.54) is 0 Å².